The number of benzene rings is 1. The predicted octanol–water partition coefficient (Wildman–Crippen LogP) is 0.588. The molecule has 1 aromatic heterocycles. The predicted molar refractivity (Wildman–Crippen MR) is 52.1 cm³/mol. The summed E-state index contributed by atoms with van der Waals surface area (Å²) < 4.78 is 40.9. The van der Waals surface area contributed by atoms with Crippen molar-refractivity contribution in [3.05, 3.63) is 41.0 Å². The molecule has 0 spiro atoms. The number of hydrogen-bond acceptors (Lipinski definition) is 5. The Morgan fingerprint density at radius 2 is 1.94 bits per heavy atom. The number of rotatable bonds is 2. The molecule has 1 heterocycles. The smallest absolute Gasteiger partial charge is 0.316 e. The van der Waals surface area contributed by atoms with E-state index in [2.05, 4.69) is 9.79 Å². The van der Waals surface area contributed by atoms with Crippen LogP contribution in [0.1, 0.15) is 5.69 Å². The van der Waals surface area contributed by atoms with Gasteiger partial charge in [-0.2, -0.15) is 0 Å². The highest BCUT2D eigenvalue weighted by Gasteiger charge is 2.31. The molecule has 8 heteroatoms. The molecular formula is C9H7FN2O4S. The maximum atomic E-state index is 12.7. The van der Waals surface area contributed by atoms with Crippen LogP contribution >= 0.6 is 0 Å². The fourth-order valence-corrected chi connectivity index (χ4v) is 2.70. The minimum absolute atomic E-state index is 0.0516. The molecule has 0 atom stereocenters. The maximum Gasteiger partial charge on any atom is 0.316 e. The number of aryl methyl sites for hydroxylation is 1. The van der Waals surface area contributed by atoms with Gasteiger partial charge >= 0.3 is 5.03 Å². The molecule has 0 N–H and O–H groups in total. The van der Waals surface area contributed by atoms with Gasteiger partial charge in [0.15, 0.2) is 0 Å². The van der Waals surface area contributed by atoms with E-state index in [9.17, 15) is 18.0 Å². The Balaban J connectivity index is 2.62. The van der Waals surface area contributed by atoms with Gasteiger partial charge in [0.2, 0.25) is 5.69 Å². The van der Waals surface area contributed by atoms with Gasteiger partial charge in [-0.1, -0.05) is 0 Å². The summed E-state index contributed by atoms with van der Waals surface area (Å²) in [6.07, 6.45) is 0. The van der Waals surface area contributed by atoms with Crippen LogP contribution in [-0.2, 0) is 9.84 Å². The Bertz CT molecular complexity index is 629. The number of sulfone groups is 1. The van der Waals surface area contributed by atoms with Gasteiger partial charge in [0.25, 0.3) is 9.84 Å². The fraction of sp³-hybridized carbons (Fsp3) is 0.111. The van der Waals surface area contributed by atoms with Gasteiger partial charge < -0.3 is 5.21 Å². The minimum Gasteiger partial charge on any atom is -0.358 e. The van der Waals surface area contributed by atoms with Crippen LogP contribution in [0.2, 0.25) is 0 Å². The van der Waals surface area contributed by atoms with Gasteiger partial charge in [-0.15, -0.1) is 0 Å². The summed E-state index contributed by atoms with van der Waals surface area (Å²) in [7, 11) is -4.05. The normalized spacial score (nSPS) is 11.6. The van der Waals surface area contributed by atoms with Crippen molar-refractivity contribution in [2.45, 2.75) is 16.8 Å². The van der Waals surface area contributed by atoms with Crippen LogP contribution in [0.5, 0.6) is 0 Å². The van der Waals surface area contributed by atoms with Gasteiger partial charge in [-0.3, -0.25) is 4.63 Å². The van der Waals surface area contributed by atoms with Crippen molar-refractivity contribution in [1.29, 1.82) is 0 Å². The van der Waals surface area contributed by atoms with Crippen molar-refractivity contribution in [2.75, 3.05) is 0 Å². The average molecular weight is 258 g/mol. The highest BCUT2D eigenvalue weighted by Crippen LogP contribution is 2.19. The first-order chi connectivity index (χ1) is 7.93. The maximum absolute atomic E-state index is 12.7. The summed E-state index contributed by atoms with van der Waals surface area (Å²) in [4.78, 5) is -0.386. The minimum atomic E-state index is -4.05. The second-order valence-electron chi connectivity index (χ2n) is 3.28. The molecule has 0 unspecified atom stereocenters. The van der Waals surface area contributed by atoms with Crippen molar-refractivity contribution in [3.8, 4) is 0 Å². The third kappa shape index (κ3) is 1.86. The largest absolute Gasteiger partial charge is 0.358 e. The Morgan fingerprint density at radius 1 is 1.35 bits per heavy atom. The van der Waals surface area contributed by atoms with Crippen molar-refractivity contribution in [2.24, 2.45) is 0 Å². The van der Waals surface area contributed by atoms with Crippen LogP contribution in [0.15, 0.2) is 38.8 Å². The van der Waals surface area contributed by atoms with E-state index in [1.165, 1.54) is 6.92 Å². The van der Waals surface area contributed by atoms with Crippen LogP contribution in [0.25, 0.3) is 0 Å². The van der Waals surface area contributed by atoms with E-state index < -0.39 is 20.7 Å². The highest BCUT2D eigenvalue weighted by molar-refractivity contribution is 7.91. The third-order valence-corrected chi connectivity index (χ3v) is 3.95. The molecule has 6 nitrogen and oxygen atoms in total. The molecule has 0 aliphatic heterocycles. The Labute approximate surface area is 95.7 Å². The van der Waals surface area contributed by atoms with E-state index in [1.807, 2.05) is 0 Å². The van der Waals surface area contributed by atoms with Crippen molar-refractivity contribution in [3.63, 3.8) is 0 Å². The molecule has 17 heavy (non-hydrogen) atoms. The molecule has 0 saturated heterocycles. The van der Waals surface area contributed by atoms with E-state index in [4.69, 9.17) is 0 Å². The zero-order valence-corrected chi connectivity index (χ0v) is 9.44. The van der Waals surface area contributed by atoms with Crippen LogP contribution in [0.3, 0.4) is 0 Å². The summed E-state index contributed by atoms with van der Waals surface area (Å²) in [5.74, 6) is -0.569. The van der Waals surface area contributed by atoms with Crippen LogP contribution in [-0.4, -0.2) is 13.6 Å². The molecule has 2 rings (SSSR count). The lowest BCUT2D eigenvalue weighted by Crippen LogP contribution is -2.31. The third-order valence-electron chi connectivity index (χ3n) is 2.11. The van der Waals surface area contributed by atoms with Gasteiger partial charge in [0.1, 0.15) is 5.82 Å². The first kappa shape index (κ1) is 11.5. The fourth-order valence-electron chi connectivity index (χ4n) is 1.32. The first-order valence-corrected chi connectivity index (χ1v) is 5.98. The van der Waals surface area contributed by atoms with Crippen molar-refractivity contribution >= 4 is 9.84 Å². The van der Waals surface area contributed by atoms with Crippen LogP contribution in [0.4, 0.5) is 4.39 Å². The average Bonchev–Trinajstić information content (AvgIpc) is 2.59. The lowest BCUT2D eigenvalue weighted by molar-refractivity contribution is -0.832. The molecule has 0 amide bonds. The van der Waals surface area contributed by atoms with Gasteiger partial charge in [0, 0.05) is 12.1 Å². The molecule has 0 radical (unpaired) electrons. The SMILES string of the molecule is Cc1no[n+]([O-])c1S(=O)(=O)c1ccc(F)cc1. The molecule has 0 aliphatic carbocycles. The molecule has 0 fully saturated rings. The molecular weight excluding hydrogens is 251 g/mol. The Hall–Kier alpha value is -1.96. The lowest BCUT2D eigenvalue weighted by Gasteiger charge is -2.00. The summed E-state index contributed by atoms with van der Waals surface area (Å²) >= 11 is 0. The second kappa shape index (κ2) is 3.81. The molecule has 0 bridgehead atoms. The van der Waals surface area contributed by atoms with Gasteiger partial charge in [-0.25, -0.2) is 12.8 Å². The van der Waals surface area contributed by atoms with Crippen molar-refractivity contribution < 1.29 is 22.3 Å². The highest BCUT2D eigenvalue weighted by atomic mass is 32.2. The molecule has 0 aliphatic rings. The van der Waals surface area contributed by atoms with E-state index in [-0.39, 0.29) is 15.5 Å². The quantitative estimate of drug-likeness (QED) is 0.581. The van der Waals surface area contributed by atoms with E-state index in [1.54, 1.807) is 0 Å². The Kier molecular flexibility index (Phi) is 2.58. The zero-order chi connectivity index (χ0) is 12.6. The molecule has 2 aromatic rings. The summed E-state index contributed by atoms with van der Waals surface area (Å²) in [5, 5.41) is 13.8. The number of aromatic nitrogens is 2. The lowest BCUT2D eigenvalue weighted by atomic mass is 10.4. The second-order valence-corrected chi connectivity index (χ2v) is 5.14. The topological polar surface area (TPSA) is 87.1 Å². The molecule has 1 aromatic carbocycles. The Morgan fingerprint density at radius 3 is 2.41 bits per heavy atom. The van der Waals surface area contributed by atoms with E-state index in [0.29, 0.717) is 0 Å². The van der Waals surface area contributed by atoms with Gasteiger partial charge in [0.05, 0.1) is 4.90 Å². The monoisotopic (exact) mass is 258 g/mol. The molecule has 0 saturated carbocycles. The van der Waals surface area contributed by atoms with Crippen molar-refractivity contribution in [1.82, 2.24) is 5.16 Å². The number of nitrogens with zero attached hydrogens (tertiary/aromatic N) is 2. The standard InChI is InChI=1S/C9H7FN2O4S/c1-6-9(12(13)16-11-6)17(14,15)8-4-2-7(10)3-5-8/h2-5H,1H3. The van der Waals surface area contributed by atoms with E-state index >= 15 is 0 Å². The van der Waals surface area contributed by atoms with E-state index in [0.717, 1.165) is 24.3 Å². The van der Waals surface area contributed by atoms with Crippen LogP contribution in [0, 0.1) is 17.9 Å². The van der Waals surface area contributed by atoms with Crippen LogP contribution < -0.4 is 4.90 Å². The van der Waals surface area contributed by atoms with Gasteiger partial charge in [-0.05, 0) is 29.2 Å². The number of hydrogen-bond donors (Lipinski definition) is 0. The summed E-state index contributed by atoms with van der Waals surface area (Å²) in [6.45, 7) is 1.33. The summed E-state index contributed by atoms with van der Waals surface area (Å²) in [6, 6.07) is 4.12. The first-order valence-electron chi connectivity index (χ1n) is 4.50. The number of halogens is 1. The summed E-state index contributed by atoms with van der Waals surface area (Å²) in [5.41, 5.74) is -0.0516. The molecule has 90 valence electrons. The zero-order valence-electron chi connectivity index (χ0n) is 8.62.